The summed E-state index contributed by atoms with van der Waals surface area (Å²) < 4.78 is 15.0. The van der Waals surface area contributed by atoms with Gasteiger partial charge in [-0.3, -0.25) is 9.89 Å². The molecule has 2 aromatic heterocycles. The largest absolute Gasteiger partial charge is 0.336 e. The number of hydrogen-bond acceptors (Lipinski definition) is 4. The molecule has 1 amide bonds. The van der Waals surface area contributed by atoms with Gasteiger partial charge in [0.25, 0.3) is 5.91 Å². The predicted octanol–water partition coefficient (Wildman–Crippen LogP) is 2.16. The molecule has 1 fully saturated rings. The fraction of sp³-hybridized carbons (Fsp3) is 0.278. The third-order valence-electron chi connectivity index (χ3n) is 4.61. The van der Waals surface area contributed by atoms with E-state index in [0.717, 1.165) is 17.9 Å². The second-order valence-corrected chi connectivity index (χ2v) is 6.29. The number of rotatable bonds is 3. The third-order valence-corrected chi connectivity index (χ3v) is 4.61. The number of amides is 1. The Bertz CT molecular complexity index is 922. The molecule has 0 aliphatic carbocycles. The van der Waals surface area contributed by atoms with E-state index in [9.17, 15) is 9.18 Å². The number of aromatic amines is 1. The summed E-state index contributed by atoms with van der Waals surface area (Å²) in [7, 11) is 1.92. The Kier molecular flexibility index (Phi) is 5.57. The van der Waals surface area contributed by atoms with Crippen molar-refractivity contribution >= 4 is 18.3 Å². The van der Waals surface area contributed by atoms with Gasteiger partial charge in [0, 0.05) is 44.6 Å². The molecule has 1 unspecified atom stereocenters. The fourth-order valence-electron chi connectivity index (χ4n) is 3.23. The van der Waals surface area contributed by atoms with Crippen LogP contribution in [0.25, 0.3) is 11.3 Å². The minimum absolute atomic E-state index is 0. The molecule has 0 bridgehead atoms. The first kappa shape index (κ1) is 19.1. The monoisotopic (exact) mass is 390 g/mol. The van der Waals surface area contributed by atoms with Crippen LogP contribution in [0.4, 0.5) is 4.39 Å². The van der Waals surface area contributed by atoms with Crippen LogP contribution in [-0.2, 0) is 7.05 Å². The Labute approximate surface area is 162 Å². The summed E-state index contributed by atoms with van der Waals surface area (Å²) >= 11 is 0. The molecule has 1 aliphatic rings. The van der Waals surface area contributed by atoms with Crippen molar-refractivity contribution in [2.24, 2.45) is 7.05 Å². The molecular weight excluding hydrogens is 371 g/mol. The van der Waals surface area contributed by atoms with Gasteiger partial charge in [-0.05, 0) is 30.3 Å². The Balaban J connectivity index is 0.00000210. The molecule has 3 heterocycles. The zero-order valence-electron chi connectivity index (χ0n) is 14.7. The van der Waals surface area contributed by atoms with E-state index in [-0.39, 0.29) is 30.2 Å². The van der Waals surface area contributed by atoms with Crippen molar-refractivity contribution < 1.29 is 9.18 Å². The van der Waals surface area contributed by atoms with Gasteiger partial charge in [0.05, 0.1) is 5.69 Å². The minimum Gasteiger partial charge on any atom is -0.336 e. The van der Waals surface area contributed by atoms with Crippen LogP contribution in [0.15, 0.2) is 42.7 Å². The number of nitrogens with zero attached hydrogens (tertiary/aromatic N) is 4. The van der Waals surface area contributed by atoms with Crippen molar-refractivity contribution in [1.82, 2.24) is 30.0 Å². The second kappa shape index (κ2) is 7.89. The molecule has 27 heavy (non-hydrogen) atoms. The lowest BCUT2D eigenvalue weighted by Crippen LogP contribution is -2.49. The summed E-state index contributed by atoms with van der Waals surface area (Å²) in [5.41, 5.74) is 1.77. The number of carbonyl (C=O) groups is 1. The summed E-state index contributed by atoms with van der Waals surface area (Å²) in [5.74, 6) is 0.406. The van der Waals surface area contributed by atoms with Gasteiger partial charge < -0.3 is 14.8 Å². The number of halogens is 2. The lowest BCUT2D eigenvalue weighted by Gasteiger charge is -2.35. The number of piperazine rings is 1. The average molecular weight is 391 g/mol. The van der Waals surface area contributed by atoms with Crippen LogP contribution in [0.2, 0.25) is 0 Å². The van der Waals surface area contributed by atoms with Crippen molar-refractivity contribution in [3.63, 3.8) is 0 Å². The van der Waals surface area contributed by atoms with Crippen LogP contribution in [0.5, 0.6) is 0 Å². The van der Waals surface area contributed by atoms with Gasteiger partial charge in [0.1, 0.15) is 23.4 Å². The number of benzene rings is 1. The molecule has 9 heteroatoms. The first-order valence-corrected chi connectivity index (χ1v) is 8.44. The average Bonchev–Trinajstić information content (AvgIpc) is 3.31. The number of hydrogen-bond donors (Lipinski definition) is 2. The SMILES string of the molecule is Cl.Cn1ccnc1C1CNCCN1C(=O)c1cc(-c2ccc(F)cc2)n[nH]1. The number of nitrogens with one attached hydrogen (secondary N) is 2. The number of imidazole rings is 1. The number of H-pyrrole nitrogens is 1. The molecule has 3 aromatic rings. The maximum absolute atomic E-state index is 13.1. The van der Waals surface area contributed by atoms with E-state index in [1.165, 1.54) is 12.1 Å². The van der Waals surface area contributed by atoms with Crippen LogP contribution >= 0.6 is 12.4 Å². The van der Waals surface area contributed by atoms with E-state index < -0.39 is 0 Å². The first-order valence-electron chi connectivity index (χ1n) is 8.44. The first-order chi connectivity index (χ1) is 12.6. The van der Waals surface area contributed by atoms with Gasteiger partial charge in [-0.1, -0.05) is 0 Å². The summed E-state index contributed by atoms with van der Waals surface area (Å²) in [6.07, 6.45) is 3.60. The van der Waals surface area contributed by atoms with Crippen molar-refractivity contribution in [2.75, 3.05) is 19.6 Å². The number of carbonyl (C=O) groups excluding carboxylic acids is 1. The highest BCUT2D eigenvalue weighted by atomic mass is 35.5. The predicted molar refractivity (Wildman–Crippen MR) is 101 cm³/mol. The highest BCUT2D eigenvalue weighted by Gasteiger charge is 2.31. The molecule has 0 spiro atoms. The van der Waals surface area contributed by atoms with Crippen molar-refractivity contribution in [3.05, 3.63) is 60.1 Å². The van der Waals surface area contributed by atoms with Crippen molar-refractivity contribution in [3.8, 4) is 11.3 Å². The molecule has 7 nitrogen and oxygen atoms in total. The van der Waals surface area contributed by atoms with Gasteiger partial charge in [-0.25, -0.2) is 9.37 Å². The summed E-state index contributed by atoms with van der Waals surface area (Å²) in [6.45, 7) is 1.96. The molecule has 1 saturated heterocycles. The van der Waals surface area contributed by atoms with Gasteiger partial charge >= 0.3 is 0 Å². The molecule has 4 rings (SSSR count). The smallest absolute Gasteiger partial charge is 0.272 e. The summed E-state index contributed by atoms with van der Waals surface area (Å²) in [6, 6.07) is 7.59. The summed E-state index contributed by atoms with van der Waals surface area (Å²) in [5, 5.41) is 10.3. The normalized spacial score (nSPS) is 16.8. The van der Waals surface area contributed by atoms with E-state index in [1.807, 2.05) is 17.8 Å². The van der Waals surface area contributed by atoms with E-state index >= 15 is 0 Å². The van der Waals surface area contributed by atoms with E-state index in [1.54, 1.807) is 29.3 Å². The van der Waals surface area contributed by atoms with E-state index in [4.69, 9.17) is 0 Å². The van der Waals surface area contributed by atoms with Gasteiger partial charge in [0.2, 0.25) is 0 Å². The second-order valence-electron chi connectivity index (χ2n) is 6.29. The minimum atomic E-state index is -0.306. The summed E-state index contributed by atoms with van der Waals surface area (Å²) in [4.78, 5) is 19.2. The fourth-order valence-corrected chi connectivity index (χ4v) is 3.23. The van der Waals surface area contributed by atoms with Gasteiger partial charge in [-0.15, -0.1) is 12.4 Å². The lowest BCUT2D eigenvalue weighted by molar-refractivity contribution is 0.0614. The lowest BCUT2D eigenvalue weighted by atomic mass is 10.1. The standard InChI is InChI=1S/C18H19FN6O.ClH/c1-24-8-7-21-17(24)16-11-20-6-9-25(16)18(26)15-10-14(22-23-15)12-2-4-13(19)5-3-12;/h2-5,7-8,10,16,20H,6,9,11H2,1H3,(H,22,23);1H. The van der Waals surface area contributed by atoms with E-state index in [0.29, 0.717) is 24.5 Å². The van der Waals surface area contributed by atoms with Crippen LogP contribution in [0.3, 0.4) is 0 Å². The number of aromatic nitrogens is 4. The molecule has 0 saturated carbocycles. The van der Waals surface area contributed by atoms with Gasteiger partial charge in [0.15, 0.2) is 0 Å². The number of aryl methyl sites for hydroxylation is 1. The molecule has 1 aliphatic heterocycles. The maximum atomic E-state index is 13.1. The highest BCUT2D eigenvalue weighted by molar-refractivity contribution is 5.93. The Morgan fingerprint density at radius 2 is 2.07 bits per heavy atom. The van der Waals surface area contributed by atoms with Crippen LogP contribution < -0.4 is 5.32 Å². The van der Waals surface area contributed by atoms with Crippen LogP contribution in [-0.4, -0.2) is 50.2 Å². The Hall–Kier alpha value is -2.71. The Morgan fingerprint density at radius 1 is 1.30 bits per heavy atom. The highest BCUT2D eigenvalue weighted by Crippen LogP contribution is 2.24. The van der Waals surface area contributed by atoms with E-state index in [2.05, 4.69) is 20.5 Å². The molecular formula is C18H20ClFN6O. The quantitative estimate of drug-likeness (QED) is 0.718. The molecule has 1 aromatic carbocycles. The topological polar surface area (TPSA) is 78.8 Å². The Morgan fingerprint density at radius 3 is 2.78 bits per heavy atom. The zero-order chi connectivity index (χ0) is 18.1. The van der Waals surface area contributed by atoms with Crippen LogP contribution in [0.1, 0.15) is 22.4 Å². The van der Waals surface area contributed by atoms with Crippen molar-refractivity contribution in [1.29, 1.82) is 0 Å². The third kappa shape index (κ3) is 3.72. The molecule has 2 N–H and O–H groups in total. The van der Waals surface area contributed by atoms with Gasteiger partial charge in [-0.2, -0.15) is 5.10 Å². The molecule has 1 atom stereocenters. The zero-order valence-corrected chi connectivity index (χ0v) is 15.5. The molecule has 0 radical (unpaired) electrons. The maximum Gasteiger partial charge on any atom is 0.272 e. The molecule has 142 valence electrons. The van der Waals surface area contributed by atoms with Crippen LogP contribution in [0, 0.1) is 5.82 Å². The van der Waals surface area contributed by atoms with Crippen molar-refractivity contribution in [2.45, 2.75) is 6.04 Å².